The maximum atomic E-state index is 12.8. The molecule has 0 spiro atoms. The molecule has 0 bridgehead atoms. The smallest absolute Gasteiger partial charge is 0.233 e. The molecule has 0 unspecified atom stereocenters. The predicted octanol–water partition coefficient (Wildman–Crippen LogP) is 4.34. The minimum absolute atomic E-state index is 0.0423. The topological polar surface area (TPSA) is 54.3 Å². The number of nitrogens with zero attached hydrogens (tertiary/aromatic N) is 2. The van der Waals surface area contributed by atoms with Crippen LogP contribution in [0.5, 0.6) is 0 Å². The van der Waals surface area contributed by atoms with Crippen LogP contribution in [0.1, 0.15) is 5.56 Å². The Morgan fingerprint density at radius 1 is 0.933 bits per heavy atom. The third-order valence-electron chi connectivity index (χ3n) is 5.36. The highest BCUT2D eigenvalue weighted by molar-refractivity contribution is 7.92. The van der Waals surface area contributed by atoms with Crippen LogP contribution in [0.2, 0.25) is 0 Å². The molecule has 1 heterocycles. The van der Waals surface area contributed by atoms with E-state index in [1.165, 1.54) is 0 Å². The minimum Gasteiger partial charge on any atom is -0.346 e. The minimum atomic E-state index is -3.46. The lowest BCUT2D eigenvalue weighted by Crippen LogP contribution is -2.19. The molecule has 0 aliphatic heterocycles. The van der Waals surface area contributed by atoms with E-state index in [0.717, 1.165) is 40.3 Å². The Bertz CT molecular complexity index is 1270. The van der Waals surface area contributed by atoms with Crippen molar-refractivity contribution in [2.45, 2.75) is 13.0 Å². The molecule has 4 rings (SSSR count). The molecule has 0 amide bonds. The fourth-order valence-corrected chi connectivity index (χ4v) is 4.81. The summed E-state index contributed by atoms with van der Waals surface area (Å²) in [6, 6.07) is 21.9. The molecule has 0 saturated heterocycles. The second-order valence-electron chi connectivity index (χ2n) is 7.90. The fraction of sp³-hybridized carbons (Fsp3) is 0.250. The zero-order chi connectivity index (χ0) is 21.1. The number of fused-ring (bicyclic) bond motifs is 2. The van der Waals surface area contributed by atoms with Gasteiger partial charge in [-0.05, 0) is 60.4 Å². The van der Waals surface area contributed by atoms with Crippen LogP contribution in [0.15, 0.2) is 72.9 Å². The Balaban J connectivity index is 1.50. The second kappa shape index (κ2) is 8.50. The van der Waals surface area contributed by atoms with Crippen molar-refractivity contribution >= 4 is 37.4 Å². The Morgan fingerprint density at radius 3 is 2.57 bits per heavy atom. The van der Waals surface area contributed by atoms with E-state index >= 15 is 0 Å². The van der Waals surface area contributed by atoms with Crippen LogP contribution in [-0.2, 0) is 23.0 Å². The van der Waals surface area contributed by atoms with Crippen LogP contribution in [0.4, 0.5) is 5.69 Å². The van der Waals surface area contributed by atoms with E-state index in [-0.39, 0.29) is 5.75 Å². The van der Waals surface area contributed by atoms with Crippen molar-refractivity contribution in [2.24, 2.45) is 0 Å². The zero-order valence-electron chi connectivity index (χ0n) is 17.4. The lowest BCUT2D eigenvalue weighted by Gasteiger charge is -2.13. The van der Waals surface area contributed by atoms with Gasteiger partial charge in [-0.1, -0.05) is 48.5 Å². The van der Waals surface area contributed by atoms with Crippen LogP contribution < -0.4 is 4.72 Å². The number of hydrogen-bond acceptors (Lipinski definition) is 3. The number of nitrogens with one attached hydrogen (secondary N) is 1. The molecule has 30 heavy (non-hydrogen) atoms. The Morgan fingerprint density at radius 2 is 1.73 bits per heavy atom. The molecule has 5 nitrogen and oxygen atoms in total. The lowest BCUT2D eigenvalue weighted by atomic mass is 10.0. The van der Waals surface area contributed by atoms with E-state index in [9.17, 15) is 8.42 Å². The molecule has 0 aliphatic rings. The highest BCUT2D eigenvalue weighted by Gasteiger charge is 2.13. The Hall–Kier alpha value is -2.83. The van der Waals surface area contributed by atoms with Crippen molar-refractivity contribution in [3.05, 3.63) is 78.5 Å². The standard InChI is InChI=1S/C24H27N3O2S/c1-26(2)15-16-27-14-12-21-10-11-22(18-24(21)27)25-30(28,29)17-13-20-8-5-7-19-6-3-4-9-23(19)20/h3-12,14,18,25H,13,15-17H2,1-2H3. The van der Waals surface area contributed by atoms with Gasteiger partial charge < -0.3 is 9.47 Å². The molecule has 0 fully saturated rings. The summed E-state index contributed by atoms with van der Waals surface area (Å²) >= 11 is 0. The molecule has 6 heteroatoms. The maximum Gasteiger partial charge on any atom is 0.233 e. The van der Waals surface area contributed by atoms with Crippen molar-refractivity contribution in [3.63, 3.8) is 0 Å². The average molecular weight is 422 g/mol. The number of likely N-dealkylation sites (N-methyl/N-ethyl adjacent to an activating group) is 1. The summed E-state index contributed by atoms with van der Waals surface area (Å²) in [5.41, 5.74) is 2.68. The predicted molar refractivity (Wildman–Crippen MR) is 126 cm³/mol. The highest BCUT2D eigenvalue weighted by Crippen LogP contribution is 2.23. The van der Waals surface area contributed by atoms with Gasteiger partial charge >= 0.3 is 0 Å². The third kappa shape index (κ3) is 4.66. The molecule has 0 radical (unpaired) electrons. The van der Waals surface area contributed by atoms with Crippen molar-refractivity contribution in [1.82, 2.24) is 9.47 Å². The van der Waals surface area contributed by atoms with Crippen LogP contribution in [-0.4, -0.2) is 44.3 Å². The number of sulfonamides is 1. The van der Waals surface area contributed by atoms with Crippen molar-refractivity contribution in [1.29, 1.82) is 0 Å². The number of anilines is 1. The van der Waals surface area contributed by atoms with Crippen LogP contribution in [0, 0.1) is 0 Å². The van der Waals surface area contributed by atoms with Gasteiger partial charge in [0.1, 0.15) is 0 Å². The zero-order valence-corrected chi connectivity index (χ0v) is 18.2. The first kappa shape index (κ1) is 20.4. The van der Waals surface area contributed by atoms with Gasteiger partial charge in [0.25, 0.3) is 0 Å². The number of hydrogen-bond donors (Lipinski definition) is 1. The summed E-state index contributed by atoms with van der Waals surface area (Å²) in [6.07, 6.45) is 2.52. The van der Waals surface area contributed by atoms with Crippen LogP contribution in [0.3, 0.4) is 0 Å². The van der Waals surface area contributed by atoms with Gasteiger partial charge in [-0.15, -0.1) is 0 Å². The van der Waals surface area contributed by atoms with Crippen molar-refractivity contribution in [3.8, 4) is 0 Å². The normalized spacial score (nSPS) is 12.1. The first-order valence-corrected chi connectivity index (χ1v) is 11.8. The summed E-state index contributed by atoms with van der Waals surface area (Å²) in [5.74, 6) is 0.0423. The SMILES string of the molecule is CN(C)CCn1ccc2ccc(NS(=O)(=O)CCc3cccc4ccccc34)cc21. The van der Waals surface area contributed by atoms with Gasteiger partial charge in [0.15, 0.2) is 0 Å². The van der Waals surface area contributed by atoms with Gasteiger partial charge in [-0.3, -0.25) is 4.72 Å². The van der Waals surface area contributed by atoms with Crippen molar-refractivity contribution in [2.75, 3.05) is 31.1 Å². The van der Waals surface area contributed by atoms with E-state index in [4.69, 9.17) is 0 Å². The summed E-state index contributed by atoms with van der Waals surface area (Å²) in [4.78, 5) is 2.13. The number of aromatic nitrogens is 1. The van der Waals surface area contributed by atoms with Gasteiger partial charge in [-0.25, -0.2) is 8.42 Å². The molecule has 1 aromatic heterocycles. The summed E-state index contributed by atoms with van der Waals surface area (Å²) in [7, 11) is 0.626. The molecule has 1 N–H and O–H groups in total. The van der Waals surface area contributed by atoms with Gasteiger partial charge in [0, 0.05) is 19.3 Å². The summed E-state index contributed by atoms with van der Waals surface area (Å²) < 4.78 is 30.4. The van der Waals surface area contributed by atoms with E-state index < -0.39 is 10.0 Å². The van der Waals surface area contributed by atoms with Crippen LogP contribution in [0.25, 0.3) is 21.7 Å². The molecular formula is C24H27N3O2S. The molecular weight excluding hydrogens is 394 g/mol. The average Bonchev–Trinajstić information content (AvgIpc) is 3.12. The Labute approximate surface area is 178 Å². The first-order valence-electron chi connectivity index (χ1n) is 10.1. The number of rotatable bonds is 8. The number of benzene rings is 3. The number of aryl methyl sites for hydroxylation is 1. The lowest BCUT2D eigenvalue weighted by molar-refractivity contribution is 0.387. The Kier molecular flexibility index (Phi) is 5.79. The van der Waals surface area contributed by atoms with Gasteiger partial charge in [0.05, 0.1) is 17.0 Å². The molecule has 156 valence electrons. The van der Waals surface area contributed by atoms with E-state index in [1.807, 2.05) is 81.0 Å². The summed E-state index contributed by atoms with van der Waals surface area (Å²) in [5, 5.41) is 3.34. The van der Waals surface area contributed by atoms with E-state index in [0.29, 0.717) is 12.1 Å². The van der Waals surface area contributed by atoms with E-state index in [2.05, 4.69) is 20.3 Å². The monoisotopic (exact) mass is 421 g/mol. The fourth-order valence-electron chi connectivity index (χ4n) is 3.74. The molecule has 3 aromatic carbocycles. The van der Waals surface area contributed by atoms with E-state index in [1.54, 1.807) is 0 Å². The van der Waals surface area contributed by atoms with Gasteiger partial charge in [-0.2, -0.15) is 0 Å². The quantitative estimate of drug-likeness (QED) is 0.460. The summed E-state index contributed by atoms with van der Waals surface area (Å²) in [6.45, 7) is 1.78. The van der Waals surface area contributed by atoms with Crippen LogP contribution >= 0.6 is 0 Å². The van der Waals surface area contributed by atoms with Gasteiger partial charge in [0.2, 0.25) is 10.0 Å². The van der Waals surface area contributed by atoms with Crippen molar-refractivity contribution < 1.29 is 8.42 Å². The first-order chi connectivity index (χ1) is 14.4. The highest BCUT2D eigenvalue weighted by atomic mass is 32.2. The largest absolute Gasteiger partial charge is 0.346 e. The third-order valence-corrected chi connectivity index (χ3v) is 6.64. The molecule has 0 atom stereocenters. The molecule has 0 saturated carbocycles. The maximum absolute atomic E-state index is 12.8. The molecule has 0 aliphatic carbocycles. The molecule has 4 aromatic rings. The second-order valence-corrected chi connectivity index (χ2v) is 9.74.